The van der Waals surface area contributed by atoms with Crippen LogP contribution in [0.3, 0.4) is 0 Å². The van der Waals surface area contributed by atoms with E-state index in [4.69, 9.17) is 0 Å². The number of piperazine rings is 1. The van der Waals surface area contributed by atoms with Gasteiger partial charge in [0.1, 0.15) is 5.82 Å². The summed E-state index contributed by atoms with van der Waals surface area (Å²) in [7, 11) is 0. The van der Waals surface area contributed by atoms with Gasteiger partial charge in [0.05, 0.1) is 0 Å². The number of pyridine rings is 1. The van der Waals surface area contributed by atoms with Crippen LogP contribution in [0, 0.1) is 5.82 Å². The van der Waals surface area contributed by atoms with E-state index in [-0.39, 0.29) is 11.9 Å². The van der Waals surface area contributed by atoms with Crippen LogP contribution in [0.25, 0.3) is 0 Å². The van der Waals surface area contributed by atoms with Crippen molar-refractivity contribution in [2.24, 2.45) is 0 Å². The number of rotatable bonds is 6. The van der Waals surface area contributed by atoms with Crippen molar-refractivity contribution in [1.82, 2.24) is 15.2 Å². The van der Waals surface area contributed by atoms with E-state index < -0.39 is 0 Å². The lowest BCUT2D eigenvalue weighted by Crippen LogP contribution is -2.46. The molecule has 0 saturated carbocycles. The first-order valence-corrected chi connectivity index (χ1v) is 9.06. The maximum Gasteiger partial charge on any atom is 0.123 e. The molecule has 1 N–H and O–H groups in total. The van der Waals surface area contributed by atoms with Crippen molar-refractivity contribution in [1.29, 1.82) is 0 Å². The normalized spacial score (nSPS) is 16.8. The van der Waals surface area contributed by atoms with Crippen LogP contribution >= 0.6 is 0 Å². The lowest BCUT2D eigenvalue weighted by Gasteiger charge is -2.37. The Morgan fingerprint density at radius 1 is 1.12 bits per heavy atom. The number of nitrogens with zero attached hydrogens (tertiary/aromatic N) is 3. The molecule has 0 aliphatic carbocycles. The first kappa shape index (κ1) is 17.8. The van der Waals surface area contributed by atoms with E-state index in [0.29, 0.717) is 0 Å². The van der Waals surface area contributed by atoms with E-state index in [1.807, 2.05) is 18.2 Å². The van der Waals surface area contributed by atoms with Crippen LogP contribution < -0.4 is 10.2 Å². The van der Waals surface area contributed by atoms with Crippen LogP contribution in [-0.2, 0) is 6.54 Å². The van der Waals surface area contributed by atoms with Gasteiger partial charge in [0.15, 0.2) is 0 Å². The molecule has 1 aromatic heterocycles. The van der Waals surface area contributed by atoms with Crippen molar-refractivity contribution in [3.05, 3.63) is 59.7 Å². The van der Waals surface area contributed by atoms with Crippen LogP contribution in [-0.4, -0.2) is 42.6 Å². The van der Waals surface area contributed by atoms with Crippen molar-refractivity contribution in [2.75, 3.05) is 37.6 Å². The molecule has 134 valence electrons. The summed E-state index contributed by atoms with van der Waals surface area (Å²) in [6, 6.07) is 9.23. The van der Waals surface area contributed by atoms with Crippen molar-refractivity contribution in [3.63, 3.8) is 0 Å². The Kier molecular flexibility index (Phi) is 6.00. The summed E-state index contributed by atoms with van der Waals surface area (Å²) in [6.07, 6.45) is 3.59. The number of hydrogen-bond acceptors (Lipinski definition) is 4. The van der Waals surface area contributed by atoms with Gasteiger partial charge in [0.2, 0.25) is 0 Å². The smallest absolute Gasteiger partial charge is 0.123 e. The van der Waals surface area contributed by atoms with Crippen molar-refractivity contribution < 1.29 is 4.39 Å². The van der Waals surface area contributed by atoms with Gasteiger partial charge in [-0.25, -0.2) is 4.39 Å². The number of benzene rings is 1. The van der Waals surface area contributed by atoms with Gasteiger partial charge >= 0.3 is 0 Å². The van der Waals surface area contributed by atoms with Crippen molar-refractivity contribution in [3.8, 4) is 0 Å². The summed E-state index contributed by atoms with van der Waals surface area (Å²) in [5.41, 5.74) is 3.35. The number of anilines is 1. The van der Waals surface area contributed by atoms with Crippen LogP contribution in [0.2, 0.25) is 0 Å². The molecular formula is C20H27FN4. The summed E-state index contributed by atoms with van der Waals surface area (Å²) >= 11 is 0. The zero-order chi connectivity index (χ0) is 17.6. The Morgan fingerprint density at radius 3 is 2.52 bits per heavy atom. The molecule has 1 saturated heterocycles. The molecule has 1 aliphatic heterocycles. The standard InChI is InChI=1S/C20H27FN4/c1-3-24-10-12-25(13-11-24)20-5-4-18(21)14-19(20)16(2)23-15-17-6-8-22-9-7-17/h4-9,14,16,23H,3,10-13,15H2,1-2H3/t16-/m1/s1. The number of halogens is 1. The van der Waals surface area contributed by atoms with E-state index in [1.165, 1.54) is 5.56 Å². The lowest BCUT2D eigenvalue weighted by atomic mass is 10.0. The summed E-state index contributed by atoms with van der Waals surface area (Å²) in [5, 5.41) is 3.51. The second kappa shape index (κ2) is 8.41. The predicted octanol–water partition coefficient (Wildman–Crippen LogP) is 3.21. The Balaban J connectivity index is 1.72. The topological polar surface area (TPSA) is 31.4 Å². The Hall–Kier alpha value is -1.98. The van der Waals surface area contributed by atoms with E-state index in [1.54, 1.807) is 24.5 Å². The molecule has 25 heavy (non-hydrogen) atoms. The molecular weight excluding hydrogens is 315 g/mol. The highest BCUT2D eigenvalue weighted by atomic mass is 19.1. The van der Waals surface area contributed by atoms with Crippen LogP contribution in [0.15, 0.2) is 42.7 Å². The maximum absolute atomic E-state index is 13.9. The lowest BCUT2D eigenvalue weighted by molar-refractivity contribution is 0.271. The van der Waals surface area contributed by atoms with Gasteiger partial charge < -0.3 is 15.1 Å². The zero-order valence-corrected chi connectivity index (χ0v) is 15.1. The van der Waals surface area contributed by atoms with Crippen molar-refractivity contribution in [2.45, 2.75) is 26.4 Å². The van der Waals surface area contributed by atoms with E-state index in [2.05, 4.69) is 33.9 Å². The fraction of sp³-hybridized carbons (Fsp3) is 0.450. The monoisotopic (exact) mass is 342 g/mol. The van der Waals surface area contributed by atoms with E-state index >= 15 is 0 Å². The van der Waals surface area contributed by atoms with Crippen LogP contribution in [0.1, 0.15) is 31.0 Å². The molecule has 2 heterocycles. The number of nitrogens with one attached hydrogen (secondary N) is 1. The molecule has 4 nitrogen and oxygen atoms in total. The first-order chi connectivity index (χ1) is 12.2. The van der Waals surface area contributed by atoms with E-state index in [9.17, 15) is 4.39 Å². The minimum Gasteiger partial charge on any atom is -0.369 e. The minimum absolute atomic E-state index is 0.0723. The van der Waals surface area contributed by atoms with Gasteiger partial charge in [-0.1, -0.05) is 6.92 Å². The fourth-order valence-corrected chi connectivity index (χ4v) is 3.35. The highest BCUT2D eigenvalue weighted by molar-refractivity contribution is 5.55. The molecule has 0 radical (unpaired) electrons. The predicted molar refractivity (Wildman–Crippen MR) is 100 cm³/mol. The quantitative estimate of drug-likeness (QED) is 0.873. The summed E-state index contributed by atoms with van der Waals surface area (Å²) in [6.45, 7) is 10.2. The Bertz CT molecular complexity index is 669. The molecule has 1 aromatic carbocycles. The maximum atomic E-state index is 13.9. The molecule has 0 bridgehead atoms. The molecule has 0 unspecified atom stereocenters. The van der Waals surface area contributed by atoms with Crippen molar-refractivity contribution >= 4 is 5.69 Å². The minimum atomic E-state index is -0.177. The number of hydrogen-bond donors (Lipinski definition) is 1. The fourth-order valence-electron chi connectivity index (χ4n) is 3.35. The Morgan fingerprint density at radius 2 is 1.84 bits per heavy atom. The molecule has 5 heteroatoms. The zero-order valence-electron chi connectivity index (χ0n) is 15.1. The third-order valence-corrected chi connectivity index (χ3v) is 4.98. The van der Waals surface area contributed by atoms with Gasteiger partial charge in [-0.3, -0.25) is 4.98 Å². The molecule has 2 aromatic rings. The third-order valence-electron chi connectivity index (χ3n) is 4.98. The third kappa shape index (κ3) is 4.55. The molecule has 1 atom stereocenters. The number of likely N-dealkylation sites (N-methyl/N-ethyl adjacent to an activating group) is 1. The van der Waals surface area contributed by atoms with E-state index in [0.717, 1.165) is 50.5 Å². The Labute approximate surface area is 149 Å². The largest absolute Gasteiger partial charge is 0.369 e. The second-order valence-electron chi connectivity index (χ2n) is 6.58. The first-order valence-electron chi connectivity index (χ1n) is 9.06. The van der Waals surface area contributed by atoms with Crippen LogP contribution in [0.4, 0.5) is 10.1 Å². The van der Waals surface area contributed by atoms with Gasteiger partial charge in [0, 0.05) is 56.8 Å². The SMILES string of the molecule is CCN1CCN(c2ccc(F)cc2[C@@H](C)NCc2ccncc2)CC1. The molecule has 0 amide bonds. The summed E-state index contributed by atoms with van der Waals surface area (Å²) in [4.78, 5) is 8.87. The molecule has 0 spiro atoms. The molecule has 1 fully saturated rings. The summed E-state index contributed by atoms with van der Waals surface area (Å²) in [5.74, 6) is -0.177. The summed E-state index contributed by atoms with van der Waals surface area (Å²) < 4.78 is 13.9. The highest BCUT2D eigenvalue weighted by Crippen LogP contribution is 2.28. The van der Waals surface area contributed by atoms with Gasteiger partial charge in [0.25, 0.3) is 0 Å². The average molecular weight is 342 g/mol. The second-order valence-corrected chi connectivity index (χ2v) is 6.58. The highest BCUT2D eigenvalue weighted by Gasteiger charge is 2.20. The molecule has 1 aliphatic rings. The van der Waals surface area contributed by atoms with Gasteiger partial charge in [-0.05, 0) is 54.9 Å². The molecule has 3 rings (SSSR count). The number of aromatic nitrogens is 1. The van der Waals surface area contributed by atoms with Crippen LogP contribution in [0.5, 0.6) is 0 Å². The average Bonchev–Trinajstić information content (AvgIpc) is 2.67. The van der Waals surface area contributed by atoms with Gasteiger partial charge in [-0.2, -0.15) is 0 Å². The van der Waals surface area contributed by atoms with Gasteiger partial charge in [-0.15, -0.1) is 0 Å².